The second-order valence-electron chi connectivity index (χ2n) is 7.84. The number of nitrogens with one attached hydrogen (secondary N) is 1. The van der Waals surface area contributed by atoms with Crippen molar-refractivity contribution in [3.63, 3.8) is 0 Å². The number of piperazine rings is 1. The summed E-state index contributed by atoms with van der Waals surface area (Å²) in [6, 6.07) is 11.7. The molecule has 2 aliphatic heterocycles. The molecule has 2 aliphatic rings. The van der Waals surface area contributed by atoms with Gasteiger partial charge in [0.25, 0.3) is 0 Å². The first kappa shape index (κ1) is 20.7. The second kappa shape index (κ2) is 9.08. The van der Waals surface area contributed by atoms with E-state index in [1.807, 2.05) is 34.1 Å². The highest BCUT2D eigenvalue weighted by atomic mass is 35.5. The third kappa shape index (κ3) is 4.78. The Morgan fingerprint density at radius 3 is 2.47 bits per heavy atom. The Labute approximate surface area is 180 Å². The molecule has 2 aromatic carbocycles. The minimum atomic E-state index is -0.836. The largest absolute Gasteiger partial charge is 0.371 e. The Morgan fingerprint density at radius 1 is 0.967 bits per heavy atom. The Kier molecular flexibility index (Phi) is 6.27. The van der Waals surface area contributed by atoms with Crippen LogP contribution in [0.4, 0.5) is 25.0 Å². The van der Waals surface area contributed by atoms with Gasteiger partial charge in [-0.05, 0) is 42.7 Å². The number of hydrogen-bond donors (Lipinski definition) is 1. The van der Waals surface area contributed by atoms with E-state index in [1.165, 1.54) is 6.07 Å². The van der Waals surface area contributed by atoms with E-state index in [2.05, 4.69) is 10.2 Å². The van der Waals surface area contributed by atoms with Gasteiger partial charge in [-0.15, -0.1) is 0 Å². The van der Waals surface area contributed by atoms with Crippen molar-refractivity contribution in [3.05, 3.63) is 59.1 Å². The zero-order chi connectivity index (χ0) is 21.1. The normalized spacial score (nSPS) is 19.3. The fourth-order valence-corrected chi connectivity index (χ4v) is 4.28. The molecule has 30 heavy (non-hydrogen) atoms. The van der Waals surface area contributed by atoms with Crippen LogP contribution in [0, 0.1) is 17.6 Å². The summed E-state index contributed by atoms with van der Waals surface area (Å²) in [6.07, 6.45) is 0.905. The first-order valence-electron chi connectivity index (χ1n) is 10.2. The lowest BCUT2D eigenvalue weighted by molar-refractivity contribution is 0.193. The highest BCUT2D eigenvalue weighted by Gasteiger charge is 2.26. The molecule has 1 atom stereocenters. The molecule has 2 saturated heterocycles. The number of nitrogens with zero attached hydrogens (tertiary/aromatic N) is 3. The van der Waals surface area contributed by atoms with E-state index in [0.29, 0.717) is 36.9 Å². The van der Waals surface area contributed by atoms with Crippen LogP contribution in [0.1, 0.15) is 6.42 Å². The van der Waals surface area contributed by atoms with Gasteiger partial charge in [0.2, 0.25) is 0 Å². The molecule has 2 aromatic rings. The third-order valence-electron chi connectivity index (χ3n) is 5.84. The van der Waals surface area contributed by atoms with E-state index in [0.717, 1.165) is 37.8 Å². The number of carbonyl (C=O) groups is 1. The molecule has 5 nitrogen and oxygen atoms in total. The van der Waals surface area contributed by atoms with Crippen molar-refractivity contribution in [3.8, 4) is 0 Å². The quantitative estimate of drug-likeness (QED) is 0.791. The van der Waals surface area contributed by atoms with Crippen molar-refractivity contribution in [2.45, 2.75) is 6.42 Å². The monoisotopic (exact) mass is 434 g/mol. The molecule has 0 aliphatic carbocycles. The summed E-state index contributed by atoms with van der Waals surface area (Å²) in [6.45, 7) is 4.90. The summed E-state index contributed by atoms with van der Waals surface area (Å²) >= 11 is 6.07. The fraction of sp³-hybridized carbons (Fsp3) is 0.409. The average molecular weight is 435 g/mol. The SMILES string of the molecule is O=C(NCC1CCN(c2ccc(F)c(F)c2)C1)N1CCN(c2cccc(Cl)c2)CC1. The van der Waals surface area contributed by atoms with Crippen molar-refractivity contribution in [1.29, 1.82) is 0 Å². The van der Waals surface area contributed by atoms with Crippen LogP contribution < -0.4 is 15.1 Å². The number of amides is 2. The van der Waals surface area contributed by atoms with Gasteiger partial charge in [0, 0.05) is 68.3 Å². The summed E-state index contributed by atoms with van der Waals surface area (Å²) in [5, 5.41) is 3.75. The number of anilines is 2. The van der Waals surface area contributed by atoms with Crippen LogP contribution in [0.15, 0.2) is 42.5 Å². The summed E-state index contributed by atoms with van der Waals surface area (Å²) in [7, 11) is 0. The van der Waals surface area contributed by atoms with Crippen LogP contribution in [0.5, 0.6) is 0 Å². The molecule has 8 heteroatoms. The molecule has 0 radical (unpaired) electrons. The highest BCUT2D eigenvalue weighted by molar-refractivity contribution is 6.30. The first-order valence-corrected chi connectivity index (χ1v) is 10.6. The molecule has 160 valence electrons. The van der Waals surface area contributed by atoms with Crippen LogP contribution in [0.2, 0.25) is 5.02 Å². The molecular weight excluding hydrogens is 410 g/mol. The van der Waals surface area contributed by atoms with E-state index >= 15 is 0 Å². The van der Waals surface area contributed by atoms with Crippen LogP contribution >= 0.6 is 11.6 Å². The van der Waals surface area contributed by atoms with Gasteiger partial charge in [-0.25, -0.2) is 13.6 Å². The Morgan fingerprint density at radius 2 is 1.73 bits per heavy atom. The summed E-state index contributed by atoms with van der Waals surface area (Å²) < 4.78 is 26.6. The molecule has 0 aromatic heterocycles. The van der Waals surface area contributed by atoms with E-state index in [9.17, 15) is 13.6 Å². The van der Waals surface area contributed by atoms with Crippen molar-refractivity contribution in [1.82, 2.24) is 10.2 Å². The Hall–Kier alpha value is -2.54. The van der Waals surface area contributed by atoms with Crippen molar-refractivity contribution in [2.75, 3.05) is 55.6 Å². The van der Waals surface area contributed by atoms with E-state index in [4.69, 9.17) is 11.6 Å². The molecular formula is C22H25ClF2N4O. The lowest BCUT2D eigenvalue weighted by Gasteiger charge is -2.36. The zero-order valence-corrected chi connectivity index (χ0v) is 17.4. The number of urea groups is 1. The third-order valence-corrected chi connectivity index (χ3v) is 6.07. The number of halogens is 3. The number of rotatable bonds is 4. The smallest absolute Gasteiger partial charge is 0.317 e. The van der Waals surface area contributed by atoms with Crippen LogP contribution in [-0.4, -0.2) is 56.7 Å². The molecule has 0 spiro atoms. The molecule has 2 amide bonds. The first-order chi connectivity index (χ1) is 14.5. The molecule has 1 N–H and O–H groups in total. The van der Waals surface area contributed by atoms with Gasteiger partial charge in [-0.1, -0.05) is 17.7 Å². The lowest BCUT2D eigenvalue weighted by Crippen LogP contribution is -2.52. The molecule has 0 saturated carbocycles. The Balaban J connectivity index is 1.22. The van der Waals surface area contributed by atoms with Gasteiger partial charge in [0.15, 0.2) is 11.6 Å². The van der Waals surface area contributed by atoms with E-state index in [1.54, 1.807) is 6.07 Å². The molecule has 0 bridgehead atoms. The lowest BCUT2D eigenvalue weighted by atomic mass is 10.1. The van der Waals surface area contributed by atoms with Crippen LogP contribution in [0.3, 0.4) is 0 Å². The summed E-state index contributed by atoms with van der Waals surface area (Å²) in [4.78, 5) is 18.7. The predicted molar refractivity (Wildman–Crippen MR) is 115 cm³/mol. The number of hydrogen-bond acceptors (Lipinski definition) is 3. The maximum atomic E-state index is 13.5. The van der Waals surface area contributed by atoms with Crippen LogP contribution in [0.25, 0.3) is 0 Å². The topological polar surface area (TPSA) is 38.8 Å². The fourth-order valence-electron chi connectivity index (χ4n) is 4.10. The molecule has 1 unspecified atom stereocenters. The van der Waals surface area contributed by atoms with Crippen molar-refractivity contribution < 1.29 is 13.6 Å². The van der Waals surface area contributed by atoms with Gasteiger partial charge in [0.05, 0.1) is 0 Å². The van der Waals surface area contributed by atoms with Crippen molar-refractivity contribution in [2.24, 2.45) is 5.92 Å². The highest BCUT2D eigenvalue weighted by Crippen LogP contribution is 2.25. The minimum absolute atomic E-state index is 0.0491. The van der Waals surface area contributed by atoms with Gasteiger partial charge in [-0.3, -0.25) is 0 Å². The van der Waals surface area contributed by atoms with Gasteiger partial charge < -0.3 is 20.0 Å². The number of benzene rings is 2. The predicted octanol–water partition coefficient (Wildman–Crippen LogP) is 3.98. The van der Waals surface area contributed by atoms with Gasteiger partial charge in [0.1, 0.15) is 0 Å². The summed E-state index contributed by atoms with van der Waals surface area (Å²) in [5.41, 5.74) is 1.76. The average Bonchev–Trinajstić information content (AvgIpc) is 3.23. The van der Waals surface area contributed by atoms with E-state index in [-0.39, 0.29) is 11.9 Å². The molecule has 2 heterocycles. The zero-order valence-electron chi connectivity index (χ0n) is 16.7. The standard InChI is InChI=1S/C22H25ClF2N4O/c23-17-2-1-3-18(12-17)27-8-10-28(11-9-27)22(30)26-14-16-6-7-29(15-16)19-4-5-20(24)21(25)13-19/h1-5,12-13,16H,6-11,14-15H2,(H,26,30). The second-order valence-corrected chi connectivity index (χ2v) is 8.28. The van der Waals surface area contributed by atoms with Gasteiger partial charge >= 0.3 is 6.03 Å². The maximum Gasteiger partial charge on any atom is 0.317 e. The number of carbonyl (C=O) groups excluding carboxylic acids is 1. The molecule has 4 rings (SSSR count). The van der Waals surface area contributed by atoms with Gasteiger partial charge in [-0.2, -0.15) is 0 Å². The Bertz CT molecular complexity index is 904. The van der Waals surface area contributed by atoms with Crippen molar-refractivity contribution >= 4 is 29.0 Å². The maximum absolute atomic E-state index is 13.5. The van der Waals surface area contributed by atoms with E-state index < -0.39 is 11.6 Å². The summed E-state index contributed by atoms with van der Waals surface area (Å²) in [5.74, 6) is -1.38. The van der Waals surface area contributed by atoms with Crippen LogP contribution in [-0.2, 0) is 0 Å². The minimum Gasteiger partial charge on any atom is -0.371 e. The molecule has 2 fully saturated rings.